The Bertz CT molecular complexity index is 1200. The number of aromatic amines is 1. The Morgan fingerprint density at radius 1 is 1.00 bits per heavy atom. The van der Waals surface area contributed by atoms with E-state index in [9.17, 15) is 0 Å². The Kier molecular flexibility index (Phi) is 6.70. The second-order valence-corrected chi connectivity index (χ2v) is 7.14. The number of methoxy groups -OCH3 is 1. The summed E-state index contributed by atoms with van der Waals surface area (Å²) in [4.78, 5) is 8.14. The number of nitrogens with zero attached hydrogens (tertiary/aromatic N) is 4. The first kappa shape index (κ1) is 21.0. The van der Waals surface area contributed by atoms with Gasteiger partial charge in [0.2, 0.25) is 0 Å². The molecule has 3 N–H and O–H groups in total. The van der Waals surface area contributed by atoms with Crippen LogP contribution in [0.2, 0.25) is 0 Å². The van der Waals surface area contributed by atoms with Crippen molar-refractivity contribution >= 4 is 11.6 Å². The molecule has 0 fully saturated rings. The van der Waals surface area contributed by atoms with E-state index in [4.69, 9.17) is 10.00 Å². The number of anilines is 2. The number of hydrogen-bond donors (Lipinski definition) is 3. The Balaban J connectivity index is 1.38. The zero-order chi connectivity index (χ0) is 22.2. The molecule has 0 aliphatic carbocycles. The van der Waals surface area contributed by atoms with Gasteiger partial charge in [-0.3, -0.25) is 5.10 Å². The summed E-state index contributed by atoms with van der Waals surface area (Å²) in [5, 5.41) is 22.7. The summed E-state index contributed by atoms with van der Waals surface area (Å²) >= 11 is 0. The van der Waals surface area contributed by atoms with Gasteiger partial charge in [0.05, 0.1) is 25.2 Å². The van der Waals surface area contributed by atoms with Gasteiger partial charge < -0.3 is 15.4 Å². The topological polar surface area (TPSA) is 112 Å². The van der Waals surface area contributed by atoms with Crippen LogP contribution in [-0.4, -0.2) is 33.8 Å². The molecule has 2 aromatic heterocycles. The molecule has 8 heteroatoms. The summed E-state index contributed by atoms with van der Waals surface area (Å²) in [5.74, 6) is 1.88. The van der Waals surface area contributed by atoms with Crippen LogP contribution in [0.4, 0.5) is 11.6 Å². The zero-order valence-electron chi connectivity index (χ0n) is 17.7. The van der Waals surface area contributed by atoms with Gasteiger partial charge in [0.25, 0.3) is 0 Å². The summed E-state index contributed by atoms with van der Waals surface area (Å²) in [7, 11) is 1.66. The SMILES string of the molecule is COc1cc(CCNCc2ccccc2)ccc1-c1cc(Nc2cnc(C#N)cn2)n[nH]1. The van der Waals surface area contributed by atoms with E-state index < -0.39 is 0 Å². The highest BCUT2D eigenvalue weighted by Gasteiger charge is 2.11. The molecule has 32 heavy (non-hydrogen) atoms. The van der Waals surface area contributed by atoms with E-state index in [-0.39, 0.29) is 5.69 Å². The van der Waals surface area contributed by atoms with Crippen molar-refractivity contribution in [2.45, 2.75) is 13.0 Å². The Hall–Kier alpha value is -4.22. The van der Waals surface area contributed by atoms with Crippen LogP contribution < -0.4 is 15.4 Å². The maximum atomic E-state index is 8.82. The fraction of sp³-hybridized carbons (Fsp3) is 0.167. The van der Waals surface area contributed by atoms with Crippen molar-refractivity contribution in [3.8, 4) is 23.1 Å². The van der Waals surface area contributed by atoms with E-state index in [0.29, 0.717) is 11.6 Å². The first-order valence-corrected chi connectivity index (χ1v) is 10.2. The van der Waals surface area contributed by atoms with Gasteiger partial charge in [0.15, 0.2) is 11.5 Å². The lowest BCUT2D eigenvalue weighted by atomic mass is 10.1. The number of ether oxygens (including phenoxy) is 1. The molecule has 0 radical (unpaired) electrons. The minimum Gasteiger partial charge on any atom is -0.496 e. The summed E-state index contributed by atoms with van der Waals surface area (Å²) in [6.45, 7) is 1.73. The summed E-state index contributed by atoms with van der Waals surface area (Å²) in [6.07, 6.45) is 3.80. The van der Waals surface area contributed by atoms with Crippen LogP contribution in [-0.2, 0) is 13.0 Å². The van der Waals surface area contributed by atoms with Crippen molar-refractivity contribution in [1.29, 1.82) is 5.26 Å². The van der Waals surface area contributed by atoms with Crippen LogP contribution in [0.5, 0.6) is 5.75 Å². The quantitative estimate of drug-likeness (QED) is 0.350. The van der Waals surface area contributed by atoms with Crippen LogP contribution in [0.3, 0.4) is 0 Å². The van der Waals surface area contributed by atoms with Crippen molar-refractivity contribution in [3.05, 3.63) is 83.8 Å². The monoisotopic (exact) mass is 425 g/mol. The summed E-state index contributed by atoms with van der Waals surface area (Å²) in [6, 6.07) is 20.4. The standard InChI is InChI=1S/C24H23N7O/c1-32-22-11-17(9-10-26-14-18-5-3-2-4-6-18)7-8-20(22)21-12-23(31-30-21)29-24-16-27-19(13-25)15-28-24/h2-8,11-12,15-16,26H,9-10,14H2,1H3,(H2,28,29,30,31). The van der Waals surface area contributed by atoms with Crippen molar-refractivity contribution in [1.82, 2.24) is 25.5 Å². The van der Waals surface area contributed by atoms with Gasteiger partial charge in [0.1, 0.15) is 17.6 Å². The van der Waals surface area contributed by atoms with Crippen LogP contribution in [0, 0.1) is 11.3 Å². The highest BCUT2D eigenvalue weighted by molar-refractivity contribution is 5.71. The first-order chi connectivity index (χ1) is 15.7. The van der Waals surface area contributed by atoms with Crippen LogP contribution in [0.15, 0.2) is 67.0 Å². The lowest BCUT2D eigenvalue weighted by Gasteiger charge is -2.10. The van der Waals surface area contributed by atoms with E-state index in [1.54, 1.807) is 7.11 Å². The van der Waals surface area contributed by atoms with E-state index in [1.165, 1.54) is 23.5 Å². The Labute approximate surface area is 186 Å². The third-order valence-electron chi connectivity index (χ3n) is 4.92. The Morgan fingerprint density at radius 3 is 2.62 bits per heavy atom. The normalized spacial score (nSPS) is 10.5. The van der Waals surface area contributed by atoms with Gasteiger partial charge in [-0.05, 0) is 36.2 Å². The molecule has 0 aliphatic heterocycles. The molecule has 4 rings (SSSR count). The molecule has 0 saturated carbocycles. The lowest BCUT2D eigenvalue weighted by molar-refractivity contribution is 0.415. The van der Waals surface area contributed by atoms with E-state index in [2.05, 4.69) is 67.2 Å². The number of H-pyrrole nitrogens is 1. The van der Waals surface area contributed by atoms with Gasteiger partial charge in [-0.1, -0.05) is 36.4 Å². The highest BCUT2D eigenvalue weighted by atomic mass is 16.5. The summed E-state index contributed by atoms with van der Waals surface area (Å²) < 4.78 is 5.63. The van der Waals surface area contributed by atoms with Crippen molar-refractivity contribution < 1.29 is 4.74 Å². The molecule has 4 aromatic rings. The summed E-state index contributed by atoms with van der Waals surface area (Å²) in [5.41, 5.74) is 4.46. The third-order valence-corrected chi connectivity index (χ3v) is 4.92. The fourth-order valence-corrected chi connectivity index (χ4v) is 3.28. The second-order valence-electron chi connectivity index (χ2n) is 7.14. The second kappa shape index (κ2) is 10.2. The van der Waals surface area contributed by atoms with Gasteiger partial charge in [0, 0.05) is 18.2 Å². The maximum Gasteiger partial charge on any atom is 0.158 e. The molecule has 0 aliphatic rings. The minimum absolute atomic E-state index is 0.262. The molecule has 0 spiro atoms. The van der Waals surface area contributed by atoms with Crippen molar-refractivity contribution in [2.75, 3.05) is 19.0 Å². The third kappa shape index (κ3) is 5.28. The molecule has 2 heterocycles. The predicted molar refractivity (Wildman–Crippen MR) is 122 cm³/mol. The van der Waals surface area contributed by atoms with Crippen LogP contribution in [0.25, 0.3) is 11.3 Å². The molecule has 0 amide bonds. The maximum absolute atomic E-state index is 8.82. The number of aromatic nitrogens is 4. The number of nitrogens with one attached hydrogen (secondary N) is 3. The largest absolute Gasteiger partial charge is 0.496 e. The molecule has 160 valence electrons. The van der Waals surface area contributed by atoms with Gasteiger partial charge >= 0.3 is 0 Å². The van der Waals surface area contributed by atoms with Gasteiger partial charge in [-0.15, -0.1) is 0 Å². The first-order valence-electron chi connectivity index (χ1n) is 10.2. The molecule has 8 nitrogen and oxygen atoms in total. The molecule has 2 aromatic carbocycles. The molecular formula is C24H23N7O. The molecule has 0 bridgehead atoms. The van der Waals surface area contributed by atoms with E-state index in [1.807, 2.05) is 24.3 Å². The lowest BCUT2D eigenvalue weighted by Crippen LogP contribution is -2.16. The number of rotatable bonds is 9. The van der Waals surface area contributed by atoms with Gasteiger partial charge in [-0.25, -0.2) is 9.97 Å². The van der Waals surface area contributed by atoms with Crippen LogP contribution >= 0.6 is 0 Å². The zero-order valence-corrected chi connectivity index (χ0v) is 17.7. The van der Waals surface area contributed by atoms with Crippen LogP contribution in [0.1, 0.15) is 16.8 Å². The predicted octanol–water partition coefficient (Wildman–Crippen LogP) is 3.82. The van der Waals surface area contributed by atoms with Crippen molar-refractivity contribution in [2.24, 2.45) is 0 Å². The molecule has 0 saturated heterocycles. The number of nitriles is 1. The average molecular weight is 425 g/mol. The van der Waals surface area contributed by atoms with E-state index >= 15 is 0 Å². The smallest absolute Gasteiger partial charge is 0.158 e. The van der Waals surface area contributed by atoms with E-state index in [0.717, 1.165) is 36.5 Å². The average Bonchev–Trinajstić information content (AvgIpc) is 3.31. The molecule has 0 unspecified atom stereocenters. The molecular weight excluding hydrogens is 402 g/mol. The van der Waals surface area contributed by atoms with Gasteiger partial charge in [-0.2, -0.15) is 10.4 Å². The molecule has 0 atom stereocenters. The fourth-order valence-electron chi connectivity index (χ4n) is 3.28. The Morgan fingerprint density at radius 2 is 1.88 bits per heavy atom. The number of hydrogen-bond acceptors (Lipinski definition) is 7. The highest BCUT2D eigenvalue weighted by Crippen LogP contribution is 2.31. The number of benzene rings is 2. The van der Waals surface area contributed by atoms with Crippen molar-refractivity contribution in [3.63, 3.8) is 0 Å². The minimum atomic E-state index is 0.262.